The number of hydrogen-bond acceptors (Lipinski definition) is 1. The molecule has 0 spiro atoms. The van der Waals surface area contributed by atoms with Crippen molar-refractivity contribution in [1.29, 1.82) is 0 Å². The van der Waals surface area contributed by atoms with Gasteiger partial charge in [0.1, 0.15) is 11.6 Å². The Hall–Kier alpha value is -1.16. The molecule has 1 nitrogen and oxygen atoms in total. The van der Waals surface area contributed by atoms with Crippen LogP contribution in [0.2, 0.25) is 10.0 Å². The van der Waals surface area contributed by atoms with Gasteiger partial charge in [0.2, 0.25) is 0 Å². The van der Waals surface area contributed by atoms with E-state index in [0.29, 0.717) is 22.0 Å². The first-order chi connectivity index (χ1) is 9.95. The zero-order valence-electron chi connectivity index (χ0n) is 11.7. The zero-order valence-corrected chi connectivity index (χ0v) is 13.2. The molecule has 0 heterocycles. The predicted octanol–water partition coefficient (Wildman–Crippen LogP) is 5.08. The monoisotopic (exact) mass is 329 g/mol. The van der Waals surface area contributed by atoms with Crippen LogP contribution in [-0.2, 0) is 6.42 Å². The SMILES string of the molecule is CNC(Cc1cccc(Cl)c1Cl)c1c(F)ccc(C)c1F. The molecule has 1 N–H and O–H groups in total. The Morgan fingerprint density at radius 2 is 1.86 bits per heavy atom. The van der Waals surface area contributed by atoms with Crippen LogP contribution in [-0.4, -0.2) is 7.05 Å². The first kappa shape index (κ1) is 16.2. The number of aryl methyl sites for hydroxylation is 1. The quantitative estimate of drug-likeness (QED) is 0.824. The molecule has 0 radical (unpaired) electrons. The second-order valence-corrected chi connectivity index (χ2v) is 5.64. The van der Waals surface area contributed by atoms with Gasteiger partial charge in [-0.2, -0.15) is 0 Å². The molecule has 0 bridgehead atoms. The van der Waals surface area contributed by atoms with E-state index in [4.69, 9.17) is 23.2 Å². The summed E-state index contributed by atoms with van der Waals surface area (Å²) in [5.41, 5.74) is 1.17. The van der Waals surface area contributed by atoms with Crippen LogP contribution in [0, 0.1) is 18.6 Å². The van der Waals surface area contributed by atoms with E-state index < -0.39 is 17.7 Å². The molecular weight excluding hydrogens is 315 g/mol. The Morgan fingerprint density at radius 3 is 2.52 bits per heavy atom. The molecule has 0 fully saturated rings. The number of nitrogens with one attached hydrogen (secondary N) is 1. The summed E-state index contributed by atoms with van der Waals surface area (Å²) in [6, 6.07) is 7.41. The summed E-state index contributed by atoms with van der Waals surface area (Å²) in [5, 5.41) is 3.78. The third-order valence-electron chi connectivity index (χ3n) is 3.47. The van der Waals surface area contributed by atoms with E-state index >= 15 is 0 Å². The summed E-state index contributed by atoms with van der Waals surface area (Å²) in [7, 11) is 1.66. The lowest BCUT2D eigenvalue weighted by Gasteiger charge is -2.20. The van der Waals surface area contributed by atoms with Crippen LogP contribution in [0.15, 0.2) is 30.3 Å². The van der Waals surface area contributed by atoms with E-state index in [1.54, 1.807) is 32.2 Å². The van der Waals surface area contributed by atoms with Gasteiger partial charge in [0, 0.05) is 11.6 Å². The average Bonchev–Trinajstić information content (AvgIpc) is 2.46. The van der Waals surface area contributed by atoms with E-state index in [1.807, 2.05) is 0 Å². The maximum atomic E-state index is 14.2. The smallest absolute Gasteiger partial charge is 0.133 e. The van der Waals surface area contributed by atoms with Crippen molar-refractivity contribution in [2.75, 3.05) is 7.05 Å². The second kappa shape index (κ2) is 6.73. The maximum absolute atomic E-state index is 14.2. The van der Waals surface area contributed by atoms with Gasteiger partial charge in [-0.3, -0.25) is 0 Å². The fraction of sp³-hybridized carbons (Fsp3) is 0.250. The van der Waals surface area contributed by atoms with Gasteiger partial charge in [-0.05, 0) is 43.7 Å². The van der Waals surface area contributed by atoms with Crippen LogP contribution >= 0.6 is 23.2 Å². The van der Waals surface area contributed by atoms with E-state index in [-0.39, 0.29) is 5.56 Å². The number of likely N-dealkylation sites (N-methyl/N-ethyl adjacent to an activating group) is 1. The summed E-state index contributed by atoms with van der Waals surface area (Å²) in [6.07, 6.45) is 0.340. The Balaban J connectivity index is 2.42. The molecular formula is C16H15Cl2F2N. The van der Waals surface area contributed by atoms with Crippen LogP contribution in [0.5, 0.6) is 0 Å². The van der Waals surface area contributed by atoms with Crippen molar-refractivity contribution < 1.29 is 8.78 Å². The first-order valence-electron chi connectivity index (χ1n) is 6.50. The lowest BCUT2D eigenvalue weighted by Crippen LogP contribution is -2.22. The fourth-order valence-corrected chi connectivity index (χ4v) is 2.67. The Kier molecular flexibility index (Phi) is 5.20. The van der Waals surface area contributed by atoms with Crippen LogP contribution in [0.1, 0.15) is 22.7 Å². The molecule has 1 unspecified atom stereocenters. The third kappa shape index (κ3) is 3.37. The number of hydrogen-bond donors (Lipinski definition) is 1. The van der Waals surface area contributed by atoms with E-state index in [2.05, 4.69) is 5.32 Å². The first-order valence-corrected chi connectivity index (χ1v) is 7.26. The Bertz CT molecular complexity index is 659. The molecule has 2 aromatic carbocycles. The standard InChI is InChI=1S/C16H15Cl2F2N/c1-9-6-7-12(19)14(16(9)20)13(21-2)8-10-4-3-5-11(17)15(10)18/h3-7,13,21H,8H2,1-2H3. The second-order valence-electron chi connectivity index (χ2n) is 4.85. The summed E-state index contributed by atoms with van der Waals surface area (Å²) < 4.78 is 28.3. The molecule has 0 aromatic heterocycles. The molecule has 0 amide bonds. The van der Waals surface area contributed by atoms with Gasteiger partial charge < -0.3 is 5.32 Å². The highest BCUT2D eigenvalue weighted by atomic mass is 35.5. The van der Waals surface area contributed by atoms with Crippen molar-refractivity contribution in [1.82, 2.24) is 5.32 Å². The highest BCUT2D eigenvalue weighted by molar-refractivity contribution is 6.42. The maximum Gasteiger partial charge on any atom is 0.133 e. The van der Waals surface area contributed by atoms with Crippen molar-refractivity contribution in [3.05, 3.63) is 68.7 Å². The van der Waals surface area contributed by atoms with Crippen molar-refractivity contribution in [2.45, 2.75) is 19.4 Å². The van der Waals surface area contributed by atoms with Gasteiger partial charge in [0.15, 0.2) is 0 Å². The zero-order chi connectivity index (χ0) is 15.6. The molecule has 21 heavy (non-hydrogen) atoms. The lowest BCUT2D eigenvalue weighted by atomic mass is 9.96. The molecule has 1 atom stereocenters. The van der Waals surface area contributed by atoms with E-state index in [0.717, 1.165) is 5.56 Å². The van der Waals surface area contributed by atoms with Crippen molar-refractivity contribution in [3.63, 3.8) is 0 Å². The summed E-state index contributed by atoms with van der Waals surface area (Å²) >= 11 is 12.1. The molecule has 0 aliphatic carbocycles. The van der Waals surface area contributed by atoms with Crippen LogP contribution < -0.4 is 5.32 Å². The average molecular weight is 330 g/mol. The molecule has 2 aromatic rings. The van der Waals surface area contributed by atoms with Gasteiger partial charge in [-0.25, -0.2) is 8.78 Å². The van der Waals surface area contributed by atoms with Crippen LogP contribution in [0.4, 0.5) is 8.78 Å². The largest absolute Gasteiger partial charge is 0.313 e. The topological polar surface area (TPSA) is 12.0 Å². The molecule has 0 saturated carbocycles. The third-order valence-corrected chi connectivity index (χ3v) is 4.33. The molecule has 5 heteroatoms. The summed E-state index contributed by atoms with van der Waals surface area (Å²) in [5.74, 6) is -1.11. The van der Waals surface area contributed by atoms with Crippen molar-refractivity contribution >= 4 is 23.2 Å². The highest BCUT2D eigenvalue weighted by Crippen LogP contribution is 2.31. The molecule has 0 saturated heterocycles. The molecule has 2 rings (SSSR count). The van der Waals surface area contributed by atoms with Crippen molar-refractivity contribution in [2.24, 2.45) is 0 Å². The predicted molar refractivity (Wildman–Crippen MR) is 83.1 cm³/mol. The van der Waals surface area contributed by atoms with Gasteiger partial charge >= 0.3 is 0 Å². The number of benzene rings is 2. The number of rotatable bonds is 4. The minimum Gasteiger partial charge on any atom is -0.313 e. The lowest BCUT2D eigenvalue weighted by molar-refractivity contribution is 0.486. The van der Waals surface area contributed by atoms with Gasteiger partial charge in [0.05, 0.1) is 10.0 Å². The van der Waals surface area contributed by atoms with E-state index in [9.17, 15) is 8.78 Å². The normalized spacial score (nSPS) is 12.5. The van der Waals surface area contributed by atoms with Crippen LogP contribution in [0.3, 0.4) is 0 Å². The van der Waals surface area contributed by atoms with Gasteiger partial charge in [-0.1, -0.05) is 41.4 Å². The molecule has 0 aliphatic rings. The van der Waals surface area contributed by atoms with Gasteiger partial charge in [0.25, 0.3) is 0 Å². The minimum absolute atomic E-state index is 0.0218. The van der Waals surface area contributed by atoms with Crippen LogP contribution in [0.25, 0.3) is 0 Å². The minimum atomic E-state index is -0.574. The fourth-order valence-electron chi connectivity index (χ4n) is 2.27. The molecule has 0 aliphatic heterocycles. The Morgan fingerprint density at radius 1 is 1.14 bits per heavy atom. The van der Waals surface area contributed by atoms with Crippen molar-refractivity contribution in [3.8, 4) is 0 Å². The molecule has 112 valence electrons. The highest BCUT2D eigenvalue weighted by Gasteiger charge is 2.21. The van der Waals surface area contributed by atoms with E-state index in [1.165, 1.54) is 12.1 Å². The number of halogens is 4. The van der Waals surface area contributed by atoms with Gasteiger partial charge in [-0.15, -0.1) is 0 Å². The Labute approximate surface area is 132 Å². The summed E-state index contributed by atoms with van der Waals surface area (Å²) in [4.78, 5) is 0. The summed E-state index contributed by atoms with van der Waals surface area (Å²) in [6.45, 7) is 1.61.